The predicted molar refractivity (Wildman–Crippen MR) is 95.3 cm³/mol. The first-order valence-corrected chi connectivity index (χ1v) is 7.76. The van der Waals surface area contributed by atoms with E-state index in [0.29, 0.717) is 11.5 Å². The van der Waals surface area contributed by atoms with Gasteiger partial charge in [0.1, 0.15) is 0 Å². The second-order valence-electron chi connectivity index (χ2n) is 5.69. The second-order valence-corrected chi connectivity index (χ2v) is 5.69. The first-order valence-electron chi connectivity index (χ1n) is 7.76. The van der Waals surface area contributed by atoms with E-state index in [1.165, 1.54) is 0 Å². The minimum atomic E-state index is -0.213. The Kier molecular flexibility index (Phi) is 5.26. The molecule has 6 nitrogen and oxygen atoms in total. The Morgan fingerprint density at radius 3 is 2.43 bits per heavy atom. The van der Waals surface area contributed by atoms with Crippen LogP contribution in [-0.4, -0.2) is 28.1 Å². The minimum absolute atomic E-state index is 0. The number of rotatable bonds is 5. The van der Waals surface area contributed by atoms with Crippen molar-refractivity contribution in [3.05, 3.63) is 40.8 Å². The topological polar surface area (TPSA) is 79.8 Å². The van der Waals surface area contributed by atoms with E-state index in [4.69, 9.17) is 0 Å². The van der Waals surface area contributed by atoms with Crippen LogP contribution < -0.4 is 10.6 Å². The summed E-state index contributed by atoms with van der Waals surface area (Å²) >= 11 is 0. The van der Waals surface area contributed by atoms with Crippen LogP contribution in [0.2, 0.25) is 0 Å². The highest BCUT2D eigenvalue weighted by Gasteiger charge is 2.18. The van der Waals surface area contributed by atoms with Crippen molar-refractivity contribution in [1.82, 2.24) is 20.5 Å². The van der Waals surface area contributed by atoms with Gasteiger partial charge in [-0.3, -0.25) is 9.78 Å². The third kappa shape index (κ3) is 4.03. The lowest BCUT2D eigenvalue weighted by atomic mass is 9.97. The van der Waals surface area contributed by atoms with E-state index in [1.54, 1.807) is 7.05 Å². The Hall–Kier alpha value is -2.50. The van der Waals surface area contributed by atoms with E-state index in [0.717, 1.165) is 29.1 Å². The molecule has 0 saturated carbocycles. The van der Waals surface area contributed by atoms with Crippen molar-refractivity contribution in [1.29, 1.82) is 0 Å². The van der Waals surface area contributed by atoms with E-state index in [1.807, 2.05) is 32.0 Å². The monoisotopic (exact) mass is 317 g/mol. The predicted octanol–water partition coefficient (Wildman–Crippen LogP) is 3.60. The zero-order chi connectivity index (χ0) is 17.0. The average molecular weight is 317 g/mol. The Labute approximate surface area is 139 Å². The summed E-state index contributed by atoms with van der Waals surface area (Å²) < 4.78 is 0. The van der Waals surface area contributed by atoms with Gasteiger partial charge in [-0.2, -0.15) is 0 Å². The molecule has 0 saturated heterocycles. The fourth-order valence-electron chi connectivity index (χ4n) is 2.41. The van der Waals surface area contributed by atoms with Gasteiger partial charge in [0.15, 0.2) is 11.5 Å². The number of amides is 1. The number of aromatic nitrogens is 3. The smallest absolute Gasteiger partial charge is 0.271 e. The van der Waals surface area contributed by atoms with E-state index < -0.39 is 0 Å². The Morgan fingerprint density at radius 1 is 1.22 bits per heavy atom. The maximum atomic E-state index is 12.0. The molecule has 2 heterocycles. The number of nitrogens with zero attached hydrogens (tertiary/aromatic N) is 3. The first kappa shape index (κ1) is 16.9. The summed E-state index contributed by atoms with van der Waals surface area (Å²) in [6.07, 6.45) is 0.919. The van der Waals surface area contributed by atoms with Crippen LogP contribution in [0.25, 0.3) is 0 Å². The molecule has 0 aliphatic carbocycles. The normalized spacial score (nSPS) is 11.9. The summed E-state index contributed by atoms with van der Waals surface area (Å²) in [5.74, 6) is 0.632. The first-order chi connectivity index (χ1) is 10.9. The van der Waals surface area contributed by atoms with Gasteiger partial charge < -0.3 is 10.6 Å². The van der Waals surface area contributed by atoms with Crippen LogP contribution in [0.5, 0.6) is 0 Å². The van der Waals surface area contributed by atoms with E-state index in [-0.39, 0.29) is 14.7 Å². The fourth-order valence-corrected chi connectivity index (χ4v) is 2.41. The molecule has 0 aliphatic heterocycles. The quantitative estimate of drug-likeness (QED) is 0.881. The molecule has 0 aliphatic rings. The lowest BCUT2D eigenvalue weighted by molar-refractivity contribution is 0.0955. The summed E-state index contributed by atoms with van der Waals surface area (Å²) in [6, 6.07) is 5.80. The van der Waals surface area contributed by atoms with E-state index in [2.05, 4.69) is 39.7 Å². The van der Waals surface area contributed by atoms with Crippen molar-refractivity contribution in [2.45, 2.75) is 40.0 Å². The van der Waals surface area contributed by atoms with E-state index in [9.17, 15) is 4.79 Å². The largest absolute Gasteiger partial charge is 0.354 e. The standard InChI is InChI=1S/C17H23N5O.2H2/c1-6-10(2)14-9-15(21-22-16(14)17(23)18-5)20-13-7-11(3)19-12(4)8-13;;/h7-10H,6H2,1-5H3,(H,18,23)(H,19,20,21);2*1H. The molecule has 1 unspecified atom stereocenters. The molecule has 1 amide bonds. The molecule has 0 aromatic carbocycles. The molecule has 2 aromatic heterocycles. The zero-order valence-corrected chi connectivity index (χ0v) is 14.3. The number of anilines is 2. The Morgan fingerprint density at radius 2 is 1.87 bits per heavy atom. The average Bonchev–Trinajstić information content (AvgIpc) is 2.52. The molecule has 2 N–H and O–H groups in total. The van der Waals surface area contributed by atoms with Crippen molar-refractivity contribution < 1.29 is 7.65 Å². The number of carbonyl (C=O) groups is 1. The summed E-state index contributed by atoms with van der Waals surface area (Å²) in [5.41, 5.74) is 4.06. The Bertz CT molecular complexity index is 704. The fraction of sp³-hybridized carbons (Fsp3) is 0.412. The second kappa shape index (κ2) is 7.17. The van der Waals surface area contributed by atoms with Crippen molar-refractivity contribution in [2.24, 2.45) is 0 Å². The molecule has 0 fully saturated rings. The number of carbonyl (C=O) groups excluding carboxylic acids is 1. The van der Waals surface area contributed by atoms with Crippen molar-refractivity contribution in [3.63, 3.8) is 0 Å². The molecular weight excluding hydrogens is 290 g/mol. The van der Waals surface area contributed by atoms with Crippen molar-refractivity contribution >= 4 is 17.4 Å². The molecule has 0 bridgehead atoms. The molecule has 0 spiro atoms. The summed E-state index contributed by atoms with van der Waals surface area (Å²) in [5, 5.41) is 14.1. The SMILES string of the molecule is CCC(C)c1cc(Nc2cc(C)nc(C)c2)nnc1C(=O)NC.[HH].[HH]. The molecule has 2 rings (SSSR count). The lowest BCUT2D eigenvalue weighted by Gasteiger charge is -2.15. The summed E-state index contributed by atoms with van der Waals surface area (Å²) in [4.78, 5) is 16.3. The summed E-state index contributed by atoms with van der Waals surface area (Å²) in [6.45, 7) is 8.06. The van der Waals surface area contributed by atoms with Crippen LogP contribution in [0.3, 0.4) is 0 Å². The number of nitrogens with one attached hydrogen (secondary N) is 2. The van der Waals surface area contributed by atoms with Gasteiger partial charge in [-0.05, 0) is 49.9 Å². The maximum Gasteiger partial charge on any atom is 0.271 e. The molecular formula is C17H27N5O. The molecule has 126 valence electrons. The van der Waals surface area contributed by atoms with E-state index >= 15 is 0 Å². The van der Waals surface area contributed by atoms with Crippen LogP contribution in [0.4, 0.5) is 11.5 Å². The van der Waals surface area contributed by atoms with Gasteiger partial charge in [-0.25, -0.2) is 0 Å². The van der Waals surface area contributed by atoms with Gasteiger partial charge in [0.05, 0.1) is 0 Å². The minimum Gasteiger partial charge on any atom is -0.354 e. The van der Waals surface area contributed by atoms with Gasteiger partial charge >= 0.3 is 0 Å². The highest BCUT2D eigenvalue weighted by atomic mass is 16.1. The highest BCUT2D eigenvalue weighted by molar-refractivity contribution is 5.93. The molecule has 1 atom stereocenters. The molecule has 2 aromatic rings. The number of hydrogen-bond donors (Lipinski definition) is 2. The van der Waals surface area contributed by atoms with Gasteiger partial charge in [0.25, 0.3) is 5.91 Å². The van der Waals surface area contributed by atoms with Crippen LogP contribution in [0.15, 0.2) is 18.2 Å². The number of aryl methyl sites for hydroxylation is 2. The highest BCUT2D eigenvalue weighted by Crippen LogP contribution is 2.25. The van der Waals surface area contributed by atoms with Gasteiger partial charge in [-0.15, -0.1) is 10.2 Å². The van der Waals surface area contributed by atoms with Crippen molar-refractivity contribution in [3.8, 4) is 0 Å². The van der Waals surface area contributed by atoms with Crippen LogP contribution in [0.1, 0.15) is 56.5 Å². The van der Waals surface area contributed by atoms with Crippen LogP contribution >= 0.6 is 0 Å². The number of pyridine rings is 1. The number of hydrogen-bond acceptors (Lipinski definition) is 5. The lowest BCUT2D eigenvalue weighted by Crippen LogP contribution is -2.22. The molecule has 6 heteroatoms. The summed E-state index contributed by atoms with van der Waals surface area (Å²) in [7, 11) is 1.60. The Balaban J connectivity index is 0.00000288. The zero-order valence-electron chi connectivity index (χ0n) is 14.3. The maximum absolute atomic E-state index is 12.0. The van der Waals surface area contributed by atoms with Gasteiger partial charge in [0.2, 0.25) is 0 Å². The third-order valence-electron chi connectivity index (χ3n) is 3.76. The van der Waals surface area contributed by atoms with Crippen LogP contribution in [-0.2, 0) is 0 Å². The van der Waals surface area contributed by atoms with Crippen LogP contribution in [0, 0.1) is 13.8 Å². The third-order valence-corrected chi connectivity index (χ3v) is 3.76. The van der Waals surface area contributed by atoms with Gasteiger partial charge in [-0.1, -0.05) is 13.8 Å². The van der Waals surface area contributed by atoms with Crippen molar-refractivity contribution in [2.75, 3.05) is 12.4 Å². The molecule has 0 radical (unpaired) electrons. The van der Waals surface area contributed by atoms with Gasteiger partial charge in [0, 0.05) is 27.0 Å². The molecule has 23 heavy (non-hydrogen) atoms.